The van der Waals surface area contributed by atoms with Crippen molar-refractivity contribution in [2.24, 2.45) is 5.14 Å². The SMILES string of the molecule is CC(C)(O)c1ccc(C(=O)NS(=O)(=O)c2ccccc2SN)cc1. The average molecular weight is 366 g/mol. The highest BCUT2D eigenvalue weighted by atomic mass is 32.2. The van der Waals surface area contributed by atoms with Gasteiger partial charge in [-0.25, -0.2) is 13.1 Å². The standard InChI is InChI=1S/C16H18N2O4S2/c1-16(2,20)12-9-7-11(8-10-12)15(19)18-24(21,22)14-6-4-3-5-13(14)23-17/h3-10,20H,17H2,1-2H3,(H,18,19). The molecule has 0 aromatic heterocycles. The van der Waals surface area contributed by atoms with E-state index in [1.807, 2.05) is 4.72 Å². The number of nitrogens with one attached hydrogen (secondary N) is 1. The van der Waals surface area contributed by atoms with Crippen molar-refractivity contribution in [2.75, 3.05) is 0 Å². The molecule has 2 aromatic rings. The van der Waals surface area contributed by atoms with Crippen molar-refractivity contribution in [1.29, 1.82) is 0 Å². The molecule has 0 heterocycles. The van der Waals surface area contributed by atoms with E-state index in [-0.39, 0.29) is 10.5 Å². The maximum absolute atomic E-state index is 12.4. The highest BCUT2D eigenvalue weighted by Gasteiger charge is 2.22. The van der Waals surface area contributed by atoms with E-state index in [4.69, 9.17) is 5.14 Å². The third kappa shape index (κ3) is 4.15. The lowest BCUT2D eigenvalue weighted by Crippen LogP contribution is -2.31. The van der Waals surface area contributed by atoms with Crippen LogP contribution in [0.2, 0.25) is 0 Å². The summed E-state index contributed by atoms with van der Waals surface area (Å²) < 4.78 is 26.8. The van der Waals surface area contributed by atoms with Crippen molar-refractivity contribution < 1.29 is 18.3 Å². The lowest BCUT2D eigenvalue weighted by molar-refractivity contribution is 0.0784. The Morgan fingerprint density at radius 1 is 1.12 bits per heavy atom. The van der Waals surface area contributed by atoms with Crippen LogP contribution in [0, 0.1) is 0 Å². The molecule has 0 aliphatic carbocycles. The van der Waals surface area contributed by atoms with Crippen molar-refractivity contribution in [2.45, 2.75) is 29.2 Å². The summed E-state index contributed by atoms with van der Waals surface area (Å²) in [4.78, 5) is 12.5. The molecule has 1 amide bonds. The number of nitrogens with two attached hydrogens (primary N) is 1. The Morgan fingerprint density at radius 3 is 2.25 bits per heavy atom. The number of carbonyl (C=O) groups excluding carboxylic acids is 1. The molecule has 128 valence electrons. The van der Waals surface area contributed by atoms with Gasteiger partial charge in [-0.3, -0.25) is 9.93 Å². The van der Waals surface area contributed by atoms with Gasteiger partial charge in [0.2, 0.25) is 0 Å². The second kappa shape index (κ2) is 6.94. The molecular formula is C16H18N2O4S2. The molecule has 0 saturated carbocycles. The summed E-state index contributed by atoms with van der Waals surface area (Å²) in [5.41, 5.74) is -0.255. The molecule has 0 unspecified atom stereocenters. The van der Waals surface area contributed by atoms with E-state index in [9.17, 15) is 18.3 Å². The van der Waals surface area contributed by atoms with Gasteiger partial charge in [-0.1, -0.05) is 24.3 Å². The first kappa shape index (κ1) is 18.5. The number of benzene rings is 2. The lowest BCUT2D eigenvalue weighted by Gasteiger charge is -2.17. The molecule has 0 saturated heterocycles. The molecule has 6 nitrogen and oxygen atoms in total. The largest absolute Gasteiger partial charge is 0.386 e. The zero-order chi connectivity index (χ0) is 18.0. The molecule has 8 heteroatoms. The van der Waals surface area contributed by atoms with E-state index < -0.39 is 21.5 Å². The van der Waals surface area contributed by atoms with Gasteiger partial charge in [0.25, 0.3) is 15.9 Å². The highest BCUT2D eigenvalue weighted by molar-refractivity contribution is 7.98. The third-order valence-electron chi connectivity index (χ3n) is 3.35. The van der Waals surface area contributed by atoms with Crippen LogP contribution in [0.25, 0.3) is 0 Å². The summed E-state index contributed by atoms with van der Waals surface area (Å²) in [7, 11) is -4.04. The normalized spacial score (nSPS) is 12.0. The number of aliphatic hydroxyl groups is 1. The molecule has 2 aromatic carbocycles. The van der Waals surface area contributed by atoms with Gasteiger partial charge in [0, 0.05) is 10.5 Å². The smallest absolute Gasteiger partial charge is 0.265 e. The minimum Gasteiger partial charge on any atom is -0.386 e. The van der Waals surface area contributed by atoms with Gasteiger partial charge in [-0.05, 0) is 55.6 Å². The minimum atomic E-state index is -4.04. The number of sulfonamides is 1. The van der Waals surface area contributed by atoms with Crippen molar-refractivity contribution in [1.82, 2.24) is 4.72 Å². The summed E-state index contributed by atoms with van der Waals surface area (Å²) in [6.45, 7) is 3.24. The third-order valence-corrected chi connectivity index (χ3v) is 5.47. The van der Waals surface area contributed by atoms with Crippen LogP contribution in [0.5, 0.6) is 0 Å². The first-order valence-electron chi connectivity index (χ1n) is 7.01. The molecule has 2 rings (SSSR count). The molecule has 0 aliphatic heterocycles. The lowest BCUT2D eigenvalue weighted by atomic mass is 9.97. The van der Waals surface area contributed by atoms with E-state index in [1.165, 1.54) is 18.2 Å². The van der Waals surface area contributed by atoms with E-state index in [0.717, 1.165) is 11.9 Å². The molecular weight excluding hydrogens is 348 g/mol. The Bertz CT molecular complexity index is 841. The molecule has 0 atom stereocenters. The van der Waals surface area contributed by atoms with Crippen molar-refractivity contribution in [3.63, 3.8) is 0 Å². The van der Waals surface area contributed by atoms with Gasteiger partial charge in [0.05, 0.1) is 5.60 Å². The number of hydrogen-bond donors (Lipinski definition) is 3. The molecule has 0 bridgehead atoms. The second-order valence-corrected chi connectivity index (χ2v) is 7.96. The number of hydrogen-bond acceptors (Lipinski definition) is 6. The Labute approximate surface area is 145 Å². The molecule has 0 radical (unpaired) electrons. The zero-order valence-electron chi connectivity index (χ0n) is 13.2. The topological polar surface area (TPSA) is 109 Å². The van der Waals surface area contributed by atoms with Crippen LogP contribution in [-0.2, 0) is 15.6 Å². The monoisotopic (exact) mass is 366 g/mol. The van der Waals surface area contributed by atoms with Crippen LogP contribution < -0.4 is 9.86 Å². The van der Waals surface area contributed by atoms with E-state index in [1.54, 1.807) is 44.2 Å². The predicted molar refractivity (Wildman–Crippen MR) is 92.8 cm³/mol. The average Bonchev–Trinajstić information content (AvgIpc) is 2.53. The van der Waals surface area contributed by atoms with Crippen molar-refractivity contribution in [3.8, 4) is 0 Å². The molecule has 0 aliphatic rings. The number of carbonyl (C=O) groups is 1. The van der Waals surface area contributed by atoms with Gasteiger partial charge < -0.3 is 5.11 Å². The Balaban J connectivity index is 2.25. The van der Waals surface area contributed by atoms with Crippen LogP contribution in [0.3, 0.4) is 0 Å². The van der Waals surface area contributed by atoms with Crippen LogP contribution in [0.1, 0.15) is 29.8 Å². The Hall–Kier alpha value is -1.87. The molecule has 4 N–H and O–H groups in total. The first-order valence-corrected chi connectivity index (χ1v) is 9.37. The summed E-state index contributed by atoms with van der Waals surface area (Å²) in [6, 6.07) is 12.2. The number of amides is 1. The van der Waals surface area contributed by atoms with E-state index in [0.29, 0.717) is 10.5 Å². The fourth-order valence-corrected chi connectivity index (χ4v) is 3.91. The first-order chi connectivity index (χ1) is 11.1. The quantitative estimate of drug-likeness (QED) is 0.698. The molecule has 24 heavy (non-hydrogen) atoms. The summed E-state index contributed by atoms with van der Waals surface area (Å²) in [5, 5.41) is 15.4. The predicted octanol–water partition coefficient (Wildman–Crippen LogP) is 2.00. The van der Waals surface area contributed by atoms with Gasteiger partial charge >= 0.3 is 0 Å². The van der Waals surface area contributed by atoms with Crippen molar-refractivity contribution >= 4 is 27.9 Å². The maximum atomic E-state index is 12.4. The van der Waals surface area contributed by atoms with Gasteiger partial charge in [0.1, 0.15) is 4.90 Å². The summed E-state index contributed by atoms with van der Waals surface area (Å²) in [5.74, 6) is -0.755. The highest BCUT2D eigenvalue weighted by Crippen LogP contribution is 2.23. The summed E-state index contributed by atoms with van der Waals surface area (Å²) in [6.07, 6.45) is 0. The fraction of sp³-hybridized carbons (Fsp3) is 0.188. The molecule has 0 spiro atoms. The van der Waals surface area contributed by atoms with E-state index >= 15 is 0 Å². The van der Waals surface area contributed by atoms with Crippen LogP contribution in [0.4, 0.5) is 0 Å². The summed E-state index contributed by atoms with van der Waals surface area (Å²) >= 11 is 0.792. The van der Waals surface area contributed by atoms with Gasteiger partial charge in [0.15, 0.2) is 0 Å². The van der Waals surface area contributed by atoms with E-state index in [2.05, 4.69) is 0 Å². The minimum absolute atomic E-state index is 0.0565. The number of rotatable bonds is 5. The second-order valence-electron chi connectivity index (χ2n) is 5.64. The fourth-order valence-electron chi connectivity index (χ4n) is 2.03. The van der Waals surface area contributed by atoms with Crippen molar-refractivity contribution in [3.05, 3.63) is 59.7 Å². The van der Waals surface area contributed by atoms with Crippen LogP contribution in [-0.4, -0.2) is 19.4 Å². The Kier molecular flexibility index (Phi) is 5.34. The van der Waals surface area contributed by atoms with Crippen LogP contribution in [0.15, 0.2) is 58.3 Å². The maximum Gasteiger partial charge on any atom is 0.265 e. The zero-order valence-corrected chi connectivity index (χ0v) is 14.8. The van der Waals surface area contributed by atoms with Crippen LogP contribution >= 0.6 is 11.9 Å². The Morgan fingerprint density at radius 2 is 1.71 bits per heavy atom. The molecule has 0 fully saturated rings. The van der Waals surface area contributed by atoms with Gasteiger partial charge in [-0.15, -0.1) is 0 Å². The van der Waals surface area contributed by atoms with Gasteiger partial charge in [-0.2, -0.15) is 0 Å².